The van der Waals surface area contributed by atoms with E-state index in [1.54, 1.807) is 24.3 Å². The molecule has 0 radical (unpaired) electrons. The zero-order valence-corrected chi connectivity index (χ0v) is 16.6. The summed E-state index contributed by atoms with van der Waals surface area (Å²) in [7, 11) is 0. The Morgan fingerprint density at radius 2 is 1.64 bits per heavy atom. The van der Waals surface area contributed by atoms with Crippen LogP contribution in [-0.4, -0.2) is 17.7 Å². The summed E-state index contributed by atoms with van der Waals surface area (Å²) in [5.41, 5.74) is 4.22. The summed E-state index contributed by atoms with van der Waals surface area (Å²) in [6.07, 6.45) is 7.47. The van der Waals surface area contributed by atoms with E-state index in [1.807, 2.05) is 30.3 Å². The predicted octanol–water partition coefficient (Wildman–Crippen LogP) is 5.27. The summed E-state index contributed by atoms with van der Waals surface area (Å²) < 4.78 is 5.77. The van der Waals surface area contributed by atoms with Crippen molar-refractivity contribution in [2.45, 2.75) is 58.1 Å². The fourth-order valence-electron chi connectivity index (χ4n) is 2.87. The van der Waals surface area contributed by atoms with Crippen molar-refractivity contribution in [2.24, 2.45) is 0 Å². The van der Waals surface area contributed by atoms with E-state index in [-0.39, 0.29) is 6.61 Å². The fraction of sp³-hybridized carbons (Fsp3) is 0.435. The van der Waals surface area contributed by atoms with Crippen LogP contribution in [0.5, 0.6) is 5.75 Å². The molecule has 5 nitrogen and oxygen atoms in total. The molecule has 152 valence electrons. The molecule has 0 aliphatic carbocycles. The van der Waals surface area contributed by atoms with Crippen molar-refractivity contribution in [1.82, 2.24) is 5.48 Å². The highest BCUT2D eigenvalue weighted by Crippen LogP contribution is 2.16. The van der Waals surface area contributed by atoms with E-state index in [1.165, 1.54) is 32.1 Å². The van der Waals surface area contributed by atoms with E-state index in [2.05, 4.69) is 12.4 Å². The Balaban J connectivity index is 1.68. The molecule has 0 aliphatic rings. The van der Waals surface area contributed by atoms with Crippen LogP contribution >= 0.6 is 0 Å². The van der Waals surface area contributed by atoms with Crippen LogP contribution in [0.2, 0.25) is 0 Å². The molecule has 0 amide bonds. The predicted molar refractivity (Wildman–Crippen MR) is 110 cm³/mol. The first-order valence-electron chi connectivity index (χ1n) is 10.1. The maximum Gasteiger partial charge on any atom is 0.327 e. The standard InChI is InChI=1S/C23H31NO4/c1-2-3-4-5-6-10-17-27-21-15-13-19(14-16-21)18-28-24-22(23(25)26)20-11-8-7-9-12-20/h7-9,11-16,22,24H,2-6,10,17-18H2,1H3,(H,25,26). The second-order valence-electron chi connectivity index (χ2n) is 6.85. The summed E-state index contributed by atoms with van der Waals surface area (Å²) >= 11 is 0. The molecule has 2 aromatic rings. The van der Waals surface area contributed by atoms with Crippen LogP contribution in [0, 0.1) is 0 Å². The molecule has 5 heteroatoms. The van der Waals surface area contributed by atoms with Crippen molar-refractivity contribution in [1.29, 1.82) is 0 Å². The number of hydrogen-bond acceptors (Lipinski definition) is 4. The summed E-state index contributed by atoms with van der Waals surface area (Å²) in [5, 5.41) is 9.36. The van der Waals surface area contributed by atoms with E-state index in [9.17, 15) is 9.90 Å². The molecule has 2 aromatic carbocycles. The van der Waals surface area contributed by atoms with Crippen molar-refractivity contribution in [3.63, 3.8) is 0 Å². The number of rotatable bonds is 14. The molecule has 1 atom stereocenters. The Bertz CT molecular complexity index is 673. The first-order chi connectivity index (χ1) is 13.7. The highest BCUT2D eigenvalue weighted by Gasteiger charge is 2.19. The molecule has 0 saturated carbocycles. The third-order valence-electron chi connectivity index (χ3n) is 4.51. The maximum absolute atomic E-state index is 11.4. The van der Waals surface area contributed by atoms with E-state index in [0.717, 1.165) is 24.3 Å². The Labute approximate surface area is 167 Å². The molecule has 0 aliphatic heterocycles. The van der Waals surface area contributed by atoms with Crippen LogP contribution in [0.4, 0.5) is 0 Å². The lowest BCUT2D eigenvalue weighted by atomic mass is 10.1. The average molecular weight is 386 g/mol. The zero-order valence-electron chi connectivity index (χ0n) is 16.6. The highest BCUT2D eigenvalue weighted by molar-refractivity contribution is 5.75. The number of hydrogen-bond donors (Lipinski definition) is 2. The quantitative estimate of drug-likeness (QED) is 0.342. The van der Waals surface area contributed by atoms with Gasteiger partial charge in [0.15, 0.2) is 6.04 Å². The van der Waals surface area contributed by atoms with Gasteiger partial charge >= 0.3 is 5.97 Å². The number of carbonyl (C=O) groups is 1. The van der Waals surface area contributed by atoms with E-state index in [0.29, 0.717) is 5.56 Å². The van der Waals surface area contributed by atoms with E-state index in [4.69, 9.17) is 9.57 Å². The number of ether oxygens (including phenoxy) is 1. The minimum Gasteiger partial charge on any atom is -0.494 e. The third-order valence-corrected chi connectivity index (χ3v) is 4.51. The summed E-state index contributed by atoms with van der Waals surface area (Å²) in [6.45, 7) is 3.23. The van der Waals surface area contributed by atoms with Gasteiger partial charge in [-0.05, 0) is 29.7 Å². The van der Waals surface area contributed by atoms with E-state index < -0.39 is 12.0 Å². The lowest BCUT2D eigenvalue weighted by molar-refractivity contribution is -0.144. The van der Waals surface area contributed by atoms with Gasteiger partial charge in [-0.1, -0.05) is 81.5 Å². The maximum atomic E-state index is 11.4. The number of carboxylic acids is 1. The monoisotopic (exact) mass is 385 g/mol. The lowest BCUT2D eigenvalue weighted by Crippen LogP contribution is -2.28. The van der Waals surface area contributed by atoms with Crippen LogP contribution in [0.15, 0.2) is 54.6 Å². The minimum absolute atomic E-state index is 0.272. The third kappa shape index (κ3) is 8.11. The van der Waals surface area contributed by atoms with Gasteiger partial charge in [-0.3, -0.25) is 9.63 Å². The van der Waals surface area contributed by atoms with Crippen molar-refractivity contribution < 1.29 is 19.5 Å². The zero-order chi connectivity index (χ0) is 20.0. The van der Waals surface area contributed by atoms with Gasteiger partial charge in [-0.2, -0.15) is 5.48 Å². The largest absolute Gasteiger partial charge is 0.494 e. The molecule has 0 aromatic heterocycles. The first-order valence-corrected chi connectivity index (χ1v) is 10.1. The summed E-state index contributed by atoms with van der Waals surface area (Å²) in [5.74, 6) is -0.136. The van der Waals surface area contributed by atoms with Crippen molar-refractivity contribution >= 4 is 5.97 Å². The molecule has 0 bridgehead atoms. The van der Waals surface area contributed by atoms with Gasteiger partial charge in [0, 0.05) is 0 Å². The van der Waals surface area contributed by atoms with Gasteiger partial charge in [0.05, 0.1) is 13.2 Å². The molecule has 0 saturated heterocycles. The van der Waals surface area contributed by atoms with Crippen molar-refractivity contribution in [2.75, 3.05) is 6.61 Å². The van der Waals surface area contributed by atoms with Crippen molar-refractivity contribution in [3.8, 4) is 5.75 Å². The lowest BCUT2D eigenvalue weighted by Gasteiger charge is -2.15. The number of unbranched alkanes of at least 4 members (excludes halogenated alkanes) is 5. The number of benzene rings is 2. The van der Waals surface area contributed by atoms with Crippen LogP contribution in [0.25, 0.3) is 0 Å². The number of hydroxylamine groups is 1. The Morgan fingerprint density at radius 1 is 0.964 bits per heavy atom. The van der Waals surface area contributed by atoms with Gasteiger partial charge in [0.25, 0.3) is 0 Å². The van der Waals surface area contributed by atoms with Crippen LogP contribution < -0.4 is 10.2 Å². The van der Waals surface area contributed by atoms with E-state index >= 15 is 0 Å². The minimum atomic E-state index is -0.982. The second kappa shape index (κ2) is 12.9. The number of nitrogens with one attached hydrogen (secondary N) is 1. The highest BCUT2D eigenvalue weighted by atomic mass is 16.6. The average Bonchev–Trinajstić information content (AvgIpc) is 2.72. The van der Waals surface area contributed by atoms with Gasteiger partial charge < -0.3 is 9.84 Å². The smallest absolute Gasteiger partial charge is 0.327 e. The molecule has 0 spiro atoms. The molecule has 2 rings (SSSR count). The summed E-state index contributed by atoms with van der Waals surface area (Å²) in [6, 6.07) is 15.8. The van der Waals surface area contributed by atoms with Gasteiger partial charge in [0.2, 0.25) is 0 Å². The molecule has 2 N–H and O–H groups in total. The topological polar surface area (TPSA) is 67.8 Å². The molecule has 0 fully saturated rings. The van der Waals surface area contributed by atoms with Gasteiger partial charge in [0.1, 0.15) is 5.75 Å². The van der Waals surface area contributed by atoms with Gasteiger partial charge in [-0.25, -0.2) is 0 Å². The SMILES string of the molecule is CCCCCCCCOc1ccc(CONC(C(=O)O)c2ccccc2)cc1. The number of carboxylic acid groups (broad SMARTS) is 1. The van der Waals surface area contributed by atoms with Gasteiger partial charge in [-0.15, -0.1) is 0 Å². The Hall–Kier alpha value is -2.37. The molecular weight excluding hydrogens is 354 g/mol. The Kier molecular flexibility index (Phi) is 10.1. The fourth-order valence-corrected chi connectivity index (χ4v) is 2.87. The van der Waals surface area contributed by atoms with Crippen LogP contribution in [0.3, 0.4) is 0 Å². The normalized spacial score (nSPS) is 11.9. The van der Waals surface area contributed by atoms with Crippen molar-refractivity contribution in [3.05, 3.63) is 65.7 Å². The number of aliphatic carboxylic acids is 1. The van der Waals surface area contributed by atoms with Crippen LogP contribution in [-0.2, 0) is 16.2 Å². The molecule has 0 heterocycles. The Morgan fingerprint density at radius 3 is 2.32 bits per heavy atom. The molecule has 28 heavy (non-hydrogen) atoms. The molecular formula is C23H31NO4. The first kappa shape index (κ1) is 21.9. The summed E-state index contributed by atoms with van der Waals surface area (Å²) in [4.78, 5) is 16.8. The second-order valence-corrected chi connectivity index (χ2v) is 6.85. The van der Waals surface area contributed by atoms with Crippen LogP contribution in [0.1, 0.15) is 62.6 Å². The molecule has 1 unspecified atom stereocenters.